The fraction of sp³-hybridized carbons (Fsp3) is 0.333. The molecule has 0 saturated heterocycles. The summed E-state index contributed by atoms with van der Waals surface area (Å²) in [5.74, 6) is -0.723. The van der Waals surface area contributed by atoms with Crippen molar-refractivity contribution in [3.63, 3.8) is 0 Å². The van der Waals surface area contributed by atoms with Gasteiger partial charge in [0, 0.05) is 5.56 Å². The second-order valence-electron chi connectivity index (χ2n) is 3.96. The summed E-state index contributed by atoms with van der Waals surface area (Å²) in [6.45, 7) is 3.67. The van der Waals surface area contributed by atoms with E-state index >= 15 is 0 Å². The van der Waals surface area contributed by atoms with Crippen LogP contribution in [-0.4, -0.2) is 0 Å². The molecule has 0 aliphatic rings. The van der Waals surface area contributed by atoms with Crippen LogP contribution in [0.4, 0.5) is 17.6 Å². The molecule has 0 amide bonds. The minimum atomic E-state index is -4.53. The molecule has 0 heterocycles. The number of hydrogen-bond donors (Lipinski definition) is 0. The van der Waals surface area contributed by atoms with Gasteiger partial charge in [0.25, 0.3) is 0 Å². The van der Waals surface area contributed by atoms with Crippen molar-refractivity contribution in [3.8, 4) is 0 Å². The van der Waals surface area contributed by atoms with E-state index in [4.69, 9.17) is 11.6 Å². The average molecular weight is 267 g/mol. The quantitative estimate of drug-likeness (QED) is 0.648. The first kappa shape index (κ1) is 14.0. The van der Waals surface area contributed by atoms with Crippen LogP contribution >= 0.6 is 11.6 Å². The molecule has 0 aliphatic heterocycles. The van der Waals surface area contributed by atoms with Crippen LogP contribution in [0.15, 0.2) is 18.2 Å². The van der Waals surface area contributed by atoms with E-state index < -0.39 is 22.6 Å². The zero-order valence-corrected chi connectivity index (χ0v) is 10.0. The Bertz CT molecular complexity index is 433. The van der Waals surface area contributed by atoms with E-state index in [1.54, 1.807) is 6.08 Å². The minimum absolute atomic E-state index is 0.114. The molecule has 0 N–H and O–H groups in total. The predicted octanol–water partition coefficient (Wildman–Crippen LogP) is 5.17. The topological polar surface area (TPSA) is 0 Å². The lowest BCUT2D eigenvalue weighted by atomic mass is 10.1. The zero-order chi connectivity index (χ0) is 13.2. The monoisotopic (exact) mass is 266 g/mol. The Balaban J connectivity index is 3.26. The molecule has 1 aromatic carbocycles. The van der Waals surface area contributed by atoms with E-state index in [1.165, 1.54) is 6.08 Å². The number of allylic oxidation sites excluding steroid dienone is 1. The maximum Gasteiger partial charge on any atom is 0.416 e. The van der Waals surface area contributed by atoms with E-state index in [9.17, 15) is 17.6 Å². The summed E-state index contributed by atoms with van der Waals surface area (Å²) in [6.07, 6.45) is -1.62. The third-order valence-electron chi connectivity index (χ3n) is 2.04. The van der Waals surface area contributed by atoms with Gasteiger partial charge in [0.2, 0.25) is 0 Å². The van der Waals surface area contributed by atoms with Gasteiger partial charge in [0.15, 0.2) is 0 Å². The van der Waals surface area contributed by atoms with Gasteiger partial charge in [-0.25, -0.2) is 4.39 Å². The summed E-state index contributed by atoms with van der Waals surface area (Å²) in [4.78, 5) is 0. The number of halogens is 5. The van der Waals surface area contributed by atoms with Gasteiger partial charge in [-0.15, -0.1) is 0 Å². The first-order chi connectivity index (χ1) is 7.71. The SMILES string of the molecule is CC(C)/C=C/c1cc(C(F)(F)F)cc(Cl)c1F. The summed E-state index contributed by atoms with van der Waals surface area (Å²) in [5.41, 5.74) is -1.11. The fourth-order valence-corrected chi connectivity index (χ4v) is 1.42. The highest BCUT2D eigenvalue weighted by Crippen LogP contribution is 2.33. The van der Waals surface area contributed by atoms with Crippen LogP contribution in [0.5, 0.6) is 0 Å². The fourth-order valence-electron chi connectivity index (χ4n) is 1.19. The minimum Gasteiger partial charge on any atom is -0.205 e. The Kier molecular flexibility index (Phi) is 4.20. The lowest BCUT2D eigenvalue weighted by molar-refractivity contribution is -0.137. The molecule has 1 aromatic rings. The molecule has 0 atom stereocenters. The Morgan fingerprint density at radius 1 is 1.24 bits per heavy atom. The molecule has 0 aliphatic carbocycles. The third kappa shape index (κ3) is 3.73. The van der Waals surface area contributed by atoms with Gasteiger partial charge in [0.05, 0.1) is 10.6 Å². The Morgan fingerprint density at radius 3 is 2.29 bits per heavy atom. The normalized spacial score (nSPS) is 12.7. The lowest BCUT2D eigenvalue weighted by Gasteiger charge is -2.09. The molecule has 0 radical (unpaired) electrons. The second-order valence-corrected chi connectivity index (χ2v) is 4.37. The van der Waals surface area contributed by atoms with Crippen molar-refractivity contribution in [1.29, 1.82) is 0 Å². The summed E-state index contributed by atoms with van der Waals surface area (Å²) in [6, 6.07) is 1.34. The highest BCUT2D eigenvalue weighted by Gasteiger charge is 2.31. The molecule has 0 unspecified atom stereocenters. The van der Waals surface area contributed by atoms with Crippen LogP contribution < -0.4 is 0 Å². The summed E-state index contributed by atoms with van der Waals surface area (Å²) in [7, 11) is 0. The molecule has 1 rings (SSSR count). The largest absolute Gasteiger partial charge is 0.416 e. The number of hydrogen-bond acceptors (Lipinski definition) is 0. The maximum absolute atomic E-state index is 13.5. The predicted molar refractivity (Wildman–Crippen MR) is 60.3 cm³/mol. The van der Waals surface area contributed by atoms with Crippen LogP contribution in [0.3, 0.4) is 0 Å². The molecular formula is C12H11ClF4. The smallest absolute Gasteiger partial charge is 0.205 e. The second kappa shape index (κ2) is 5.08. The molecule has 0 spiro atoms. The molecule has 0 bridgehead atoms. The van der Waals surface area contributed by atoms with E-state index in [-0.39, 0.29) is 11.5 Å². The van der Waals surface area contributed by atoms with E-state index in [2.05, 4.69) is 0 Å². The van der Waals surface area contributed by atoms with E-state index in [0.29, 0.717) is 6.07 Å². The number of rotatable bonds is 2. The molecule has 5 heteroatoms. The Morgan fingerprint density at radius 2 is 1.82 bits per heavy atom. The first-order valence-electron chi connectivity index (χ1n) is 4.96. The average Bonchev–Trinajstić information content (AvgIpc) is 2.18. The van der Waals surface area contributed by atoms with Gasteiger partial charge >= 0.3 is 6.18 Å². The van der Waals surface area contributed by atoms with Crippen LogP contribution in [0.2, 0.25) is 5.02 Å². The summed E-state index contributed by atoms with van der Waals surface area (Å²) in [5, 5.41) is -0.525. The molecule has 0 aromatic heterocycles. The maximum atomic E-state index is 13.5. The third-order valence-corrected chi connectivity index (χ3v) is 2.32. The van der Waals surface area contributed by atoms with Gasteiger partial charge in [-0.3, -0.25) is 0 Å². The van der Waals surface area contributed by atoms with Crippen molar-refractivity contribution >= 4 is 17.7 Å². The number of alkyl halides is 3. The van der Waals surface area contributed by atoms with Crippen molar-refractivity contribution < 1.29 is 17.6 Å². The van der Waals surface area contributed by atoms with Crippen molar-refractivity contribution in [2.24, 2.45) is 5.92 Å². The van der Waals surface area contributed by atoms with Crippen molar-refractivity contribution in [2.45, 2.75) is 20.0 Å². The Labute approximate surface area is 102 Å². The molecular weight excluding hydrogens is 256 g/mol. The lowest BCUT2D eigenvalue weighted by Crippen LogP contribution is -2.06. The molecule has 0 nitrogen and oxygen atoms in total. The molecule has 94 valence electrons. The highest BCUT2D eigenvalue weighted by atomic mass is 35.5. The Hall–Kier alpha value is -1.03. The van der Waals surface area contributed by atoms with Crippen molar-refractivity contribution in [1.82, 2.24) is 0 Å². The molecule has 17 heavy (non-hydrogen) atoms. The van der Waals surface area contributed by atoms with Gasteiger partial charge in [-0.1, -0.05) is 37.6 Å². The van der Waals surface area contributed by atoms with Crippen LogP contribution in [-0.2, 0) is 6.18 Å². The van der Waals surface area contributed by atoms with Crippen LogP contribution in [0.25, 0.3) is 6.08 Å². The first-order valence-corrected chi connectivity index (χ1v) is 5.34. The van der Waals surface area contributed by atoms with Crippen molar-refractivity contribution in [3.05, 3.63) is 40.2 Å². The summed E-state index contributed by atoms with van der Waals surface area (Å²) < 4.78 is 50.9. The van der Waals surface area contributed by atoms with Crippen molar-refractivity contribution in [2.75, 3.05) is 0 Å². The van der Waals surface area contributed by atoms with Crippen LogP contribution in [0, 0.1) is 11.7 Å². The van der Waals surface area contributed by atoms with E-state index in [1.807, 2.05) is 13.8 Å². The van der Waals surface area contributed by atoms with Gasteiger partial charge < -0.3 is 0 Å². The van der Waals surface area contributed by atoms with Gasteiger partial charge in [0.1, 0.15) is 5.82 Å². The van der Waals surface area contributed by atoms with Crippen LogP contribution in [0.1, 0.15) is 25.0 Å². The zero-order valence-electron chi connectivity index (χ0n) is 9.28. The summed E-state index contributed by atoms with van der Waals surface area (Å²) >= 11 is 5.43. The van der Waals surface area contributed by atoms with E-state index in [0.717, 1.165) is 6.07 Å². The standard InChI is InChI=1S/C12H11ClF4/c1-7(2)3-4-8-5-9(12(15,16)17)6-10(13)11(8)14/h3-7H,1-2H3/b4-3+. The molecule has 0 saturated carbocycles. The highest BCUT2D eigenvalue weighted by molar-refractivity contribution is 6.31. The number of benzene rings is 1. The van der Waals surface area contributed by atoms with Gasteiger partial charge in [-0.05, 0) is 18.1 Å². The molecule has 0 fully saturated rings. The van der Waals surface area contributed by atoms with Gasteiger partial charge in [-0.2, -0.15) is 13.2 Å².